The van der Waals surface area contributed by atoms with E-state index in [1.807, 2.05) is 26.1 Å². The quantitative estimate of drug-likeness (QED) is 0.875. The molecule has 2 rings (SSSR count). The zero-order valence-corrected chi connectivity index (χ0v) is 11.5. The maximum Gasteiger partial charge on any atom is 0.134 e. The van der Waals surface area contributed by atoms with Crippen LogP contribution in [0.1, 0.15) is 38.0 Å². The molecule has 1 heterocycles. The van der Waals surface area contributed by atoms with Crippen molar-refractivity contribution in [1.29, 1.82) is 0 Å². The predicted octanol–water partition coefficient (Wildman–Crippen LogP) is 3.67. The molecule has 0 atom stereocenters. The van der Waals surface area contributed by atoms with Crippen LogP contribution in [0.2, 0.25) is 0 Å². The molecule has 1 aromatic carbocycles. The second kappa shape index (κ2) is 5.44. The highest BCUT2D eigenvalue weighted by Gasteiger charge is 2.16. The third-order valence-electron chi connectivity index (χ3n) is 3.00. The molecule has 1 N–H and O–H groups in total. The van der Waals surface area contributed by atoms with Gasteiger partial charge in [0, 0.05) is 10.9 Å². The standard InChI is InChI=1S/C15H21NO2/c1-5-17-11-6-7-13-12(8-11)15(10(2)3)14(18-13)9-16-4/h6-8,10,16H,5,9H2,1-4H3. The molecule has 18 heavy (non-hydrogen) atoms. The molecule has 0 saturated heterocycles. The van der Waals surface area contributed by atoms with Crippen LogP contribution < -0.4 is 10.1 Å². The number of benzene rings is 1. The summed E-state index contributed by atoms with van der Waals surface area (Å²) in [6.07, 6.45) is 0. The monoisotopic (exact) mass is 247 g/mol. The summed E-state index contributed by atoms with van der Waals surface area (Å²) in [6.45, 7) is 7.82. The van der Waals surface area contributed by atoms with Crippen LogP contribution in [-0.4, -0.2) is 13.7 Å². The first-order chi connectivity index (χ1) is 8.67. The second-order valence-corrected chi connectivity index (χ2v) is 4.71. The average molecular weight is 247 g/mol. The summed E-state index contributed by atoms with van der Waals surface area (Å²) < 4.78 is 11.5. The zero-order chi connectivity index (χ0) is 13.1. The summed E-state index contributed by atoms with van der Waals surface area (Å²) in [6, 6.07) is 6.03. The van der Waals surface area contributed by atoms with Gasteiger partial charge in [0.2, 0.25) is 0 Å². The maximum absolute atomic E-state index is 5.92. The summed E-state index contributed by atoms with van der Waals surface area (Å²) in [5, 5.41) is 4.32. The highest BCUT2D eigenvalue weighted by atomic mass is 16.5. The Bertz CT molecular complexity index is 529. The van der Waals surface area contributed by atoms with Crippen LogP contribution in [0, 0.1) is 0 Å². The first-order valence-electron chi connectivity index (χ1n) is 6.50. The van der Waals surface area contributed by atoms with E-state index in [9.17, 15) is 0 Å². The fourth-order valence-corrected chi connectivity index (χ4v) is 2.33. The van der Waals surface area contributed by atoms with Gasteiger partial charge < -0.3 is 14.5 Å². The minimum absolute atomic E-state index is 0.437. The molecular formula is C15H21NO2. The molecule has 3 nitrogen and oxygen atoms in total. The normalized spacial score (nSPS) is 11.4. The van der Waals surface area contributed by atoms with Gasteiger partial charge in [-0.05, 0) is 38.1 Å². The van der Waals surface area contributed by atoms with Crippen molar-refractivity contribution in [1.82, 2.24) is 5.32 Å². The SMILES string of the molecule is CCOc1ccc2oc(CNC)c(C(C)C)c2c1. The van der Waals surface area contributed by atoms with Gasteiger partial charge in [0.15, 0.2) is 0 Å². The van der Waals surface area contributed by atoms with Gasteiger partial charge in [-0.15, -0.1) is 0 Å². The molecular weight excluding hydrogens is 226 g/mol. The largest absolute Gasteiger partial charge is 0.494 e. The summed E-state index contributed by atoms with van der Waals surface area (Å²) in [7, 11) is 1.93. The summed E-state index contributed by atoms with van der Waals surface area (Å²) in [5.41, 5.74) is 2.22. The minimum atomic E-state index is 0.437. The van der Waals surface area contributed by atoms with Crippen molar-refractivity contribution in [3.05, 3.63) is 29.5 Å². The molecule has 0 bridgehead atoms. The van der Waals surface area contributed by atoms with Gasteiger partial charge in [-0.2, -0.15) is 0 Å². The van der Waals surface area contributed by atoms with Gasteiger partial charge in [0.25, 0.3) is 0 Å². The Balaban J connectivity index is 2.56. The summed E-state index contributed by atoms with van der Waals surface area (Å²) in [4.78, 5) is 0. The van der Waals surface area contributed by atoms with Gasteiger partial charge >= 0.3 is 0 Å². The van der Waals surface area contributed by atoms with E-state index in [0.29, 0.717) is 12.5 Å². The van der Waals surface area contributed by atoms with Crippen LogP contribution in [0.5, 0.6) is 5.75 Å². The van der Waals surface area contributed by atoms with Crippen molar-refractivity contribution in [2.75, 3.05) is 13.7 Å². The molecule has 0 aliphatic heterocycles. The molecule has 0 unspecified atom stereocenters. The molecule has 0 radical (unpaired) electrons. The Morgan fingerprint density at radius 1 is 1.33 bits per heavy atom. The Morgan fingerprint density at radius 3 is 2.72 bits per heavy atom. The molecule has 0 aliphatic carbocycles. The van der Waals surface area contributed by atoms with Crippen LogP contribution in [0.15, 0.2) is 22.6 Å². The van der Waals surface area contributed by atoms with E-state index in [-0.39, 0.29) is 0 Å². The van der Waals surface area contributed by atoms with Gasteiger partial charge in [0.1, 0.15) is 17.1 Å². The molecule has 0 saturated carbocycles. The highest BCUT2D eigenvalue weighted by molar-refractivity contribution is 5.84. The van der Waals surface area contributed by atoms with E-state index < -0.39 is 0 Å². The van der Waals surface area contributed by atoms with Crippen molar-refractivity contribution in [3.63, 3.8) is 0 Å². The van der Waals surface area contributed by atoms with Crippen LogP contribution in [0.25, 0.3) is 11.0 Å². The lowest BCUT2D eigenvalue weighted by Crippen LogP contribution is -2.06. The summed E-state index contributed by atoms with van der Waals surface area (Å²) in [5.74, 6) is 2.37. The Morgan fingerprint density at radius 2 is 2.11 bits per heavy atom. The van der Waals surface area contributed by atoms with Crippen molar-refractivity contribution >= 4 is 11.0 Å². The van der Waals surface area contributed by atoms with E-state index in [4.69, 9.17) is 9.15 Å². The molecule has 1 aromatic heterocycles. The lowest BCUT2D eigenvalue weighted by molar-refractivity contribution is 0.340. The second-order valence-electron chi connectivity index (χ2n) is 4.71. The van der Waals surface area contributed by atoms with Crippen LogP contribution in [0.3, 0.4) is 0 Å². The maximum atomic E-state index is 5.92. The summed E-state index contributed by atoms with van der Waals surface area (Å²) >= 11 is 0. The molecule has 0 fully saturated rings. The minimum Gasteiger partial charge on any atom is -0.494 e. The molecule has 0 aliphatic rings. The lowest BCUT2D eigenvalue weighted by Gasteiger charge is -2.07. The van der Waals surface area contributed by atoms with E-state index in [0.717, 1.165) is 23.6 Å². The number of rotatable bonds is 5. The zero-order valence-electron chi connectivity index (χ0n) is 11.5. The van der Waals surface area contributed by atoms with Crippen LogP contribution >= 0.6 is 0 Å². The Labute approximate surface area is 108 Å². The molecule has 98 valence electrons. The fraction of sp³-hybridized carbons (Fsp3) is 0.467. The highest BCUT2D eigenvalue weighted by Crippen LogP contribution is 2.34. The smallest absolute Gasteiger partial charge is 0.134 e. The van der Waals surface area contributed by atoms with Crippen molar-refractivity contribution in [2.45, 2.75) is 33.2 Å². The van der Waals surface area contributed by atoms with Crippen molar-refractivity contribution < 1.29 is 9.15 Å². The number of hydrogen-bond acceptors (Lipinski definition) is 3. The number of fused-ring (bicyclic) bond motifs is 1. The molecule has 0 amide bonds. The van der Waals surface area contributed by atoms with Crippen LogP contribution in [0.4, 0.5) is 0 Å². The van der Waals surface area contributed by atoms with Crippen molar-refractivity contribution in [2.24, 2.45) is 0 Å². The first kappa shape index (κ1) is 13.0. The van der Waals surface area contributed by atoms with E-state index in [1.165, 1.54) is 10.9 Å². The molecule has 0 spiro atoms. The van der Waals surface area contributed by atoms with Crippen LogP contribution in [-0.2, 0) is 6.54 Å². The number of ether oxygens (including phenoxy) is 1. The third-order valence-corrected chi connectivity index (χ3v) is 3.00. The molecule has 3 heteroatoms. The van der Waals surface area contributed by atoms with Gasteiger partial charge in [-0.25, -0.2) is 0 Å². The van der Waals surface area contributed by atoms with Crippen molar-refractivity contribution in [3.8, 4) is 5.75 Å². The topological polar surface area (TPSA) is 34.4 Å². The predicted molar refractivity (Wildman–Crippen MR) is 74.2 cm³/mol. The Hall–Kier alpha value is -1.48. The number of furan rings is 1. The lowest BCUT2D eigenvalue weighted by atomic mass is 9.99. The van der Waals surface area contributed by atoms with E-state index in [2.05, 4.69) is 25.2 Å². The first-order valence-corrected chi connectivity index (χ1v) is 6.50. The number of nitrogens with one attached hydrogen (secondary N) is 1. The molecule has 2 aromatic rings. The van der Waals surface area contributed by atoms with E-state index in [1.54, 1.807) is 0 Å². The number of hydrogen-bond donors (Lipinski definition) is 1. The third kappa shape index (κ3) is 2.36. The Kier molecular flexibility index (Phi) is 3.92. The fourth-order valence-electron chi connectivity index (χ4n) is 2.33. The average Bonchev–Trinajstić information content (AvgIpc) is 2.67. The van der Waals surface area contributed by atoms with Gasteiger partial charge in [0.05, 0.1) is 13.2 Å². The van der Waals surface area contributed by atoms with Gasteiger partial charge in [-0.3, -0.25) is 0 Å². The van der Waals surface area contributed by atoms with Gasteiger partial charge in [-0.1, -0.05) is 13.8 Å². The van der Waals surface area contributed by atoms with E-state index >= 15 is 0 Å².